The highest BCUT2D eigenvalue weighted by Gasteiger charge is 2.23. The summed E-state index contributed by atoms with van der Waals surface area (Å²) in [5.41, 5.74) is 9.63. The fourth-order valence-corrected chi connectivity index (χ4v) is 3.57. The van der Waals surface area contributed by atoms with Crippen LogP contribution in [0.2, 0.25) is 0 Å². The summed E-state index contributed by atoms with van der Waals surface area (Å²) in [5, 5.41) is 13.4. The standard InChI is InChI=1S/C19H24N6O/c1-25-7-6-12-8-17(13-9-21-19(20)22-10-13)24-18(16(12)11-25)23-14-2-4-15(26)5-3-14/h6-10,14-15,26H,2-5,11H2,1H3,(H,23,24)(H2,20,21,22). The molecule has 0 spiro atoms. The van der Waals surface area contributed by atoms with Gasteiger partial charge in [-0.05, 0) is 49.6 Å². The third-order valence-electron chi connectivity index (χ3n) is 5.08. The minimum absolute atomic E-state index is 0.165. The Bertz CT molecular complexity index is 812. The third kappa shape index (κ3) is 3.48. The number of hydrogen-bond acceptors (Lipinski definition) is 7. The van der Waals surface area contributed by atoms with E-state index < -0.39 is 0 Å². The summed E-state index contributed by atoms with van der Waals surface area (Å²) in [6, 6.07) is 2.41. The van der Waals surface area contributed by atoms with E-state index in [1.165, 1.54) is 5.56 Å². The highest BCUT2D eigenvalue weighted by Crippen LogP contribution is 2.31. The number of hydrogen-bond donors (Lipinski definition) is 3. The van der Waals surface area contributed by atoms with Crippen molar-refractivity contribution in [3.63, 3.8) is 0 Å². The van der Waals surface area contributed by atoms with Gasteiger partial charge in [0.15, 0.2) is 0 Å². The van der Waals surface area contributed by atoms with Gasteiger partial charge in [-0.25, -0.2) is 15.0 Å². The molecule has 1 fully saturated rings. The fourth-order valence-electron chi connectivity index (χ4n) is 3.57. The average molecular weight is 352 g/mol. The molecule has 2 aromatic rings. The van der Waals surface area contributed by atoms with Gasteiger partial charge in [-0.3, -0.25) is 0 Å². The second-order valence-corrected chi connectivity index (χ2v) is 7.13. The van der Waals surface area contributed by atoms with E-state index in [4.69, 9.17) is 10.7 Å². The highest BCUT2D eigenvalue weighted by atomic mass is 16.3. The Balaban J connectivity index is 1.69. The van der Waals surface area contributed by atoms with E-state index in [1.807, 2.05) is 0 Å². The number of nitrogens with two attached hydrogens (primary N) is 1. The summed E-state index contributed by atoms with van der Waals surface area (Å²) in [6.07, 6.45) is 11.0. The van der Waals surface area contributed by atoms with E-state index in [-0.39, 0.29) is 12.1 Å². The molecule has 3 heterocycles. The molecular formula is C19H24N6O. The predicted octanol–water partition coefficient (Wildman–Crippen LogP) is 2.25. The highest BCUT2D eigenvalue weighted by molar-refractivity contribution is 5.71. The summed E-state index contributed by atoms with van der Waals surface area (Å²) in [7, 11) is 2.06. The lowest BCUT2D eigenvalue weighted by Crippen LogP contribution is -2.29. The number of nitrogens with one attached hydrogen (secondary N) is 1. The monoisotopic (exact) mass is 352 g/mol. The Morgan fingerprint density at radius 1 is 1.19 bits per heavy atom. The molecule has 7 nitrogen and oxygen atoms in total. The topological polar surface area (TPSA) is 100 Å². The van der Waals surface area contributed by atoms with Crippen molar-refractivity contribution in [2.75, 3.05) is 18.1 Å². The molecule has 2 aliphatic rings. The van der Waals surface area contributed by atoms with Crippen LogP contribution in [0.5, 0.6) is 0 Å². The van der Waals surface area contributed by atoms with Gasteiger partial charge in [-0.15, -0.1) is 0 Å². The van der Waals surface area contributed by atoms with Crippen LogP contribution in [0.1, 0.15) is 36.8 Å². The molecule has 0 bridgehead atoms. The van der Waals surface area contributed by atoms with E-state index in [0.29, 0.717) is 6.04 Å². The molecule has 0 atom stereocenters. The first-order chi connectivity index (χ1) is 12.6. The summed E-state index contributed by atoms with van der Waals surface area (Å²) < 4.78 is 0. The number of pyridine rings is 1. The molecule has 4 rings (SSSR count). The van der Waals surface area contributed by atoms with Gasteiger partial charge in [-0.2, -0.15) is 0 Å². The predicted molar refractivity (Wildman–Crippen MR) is 102 cm³/mol. The number of nitrogens with zero attached hydrogens (tertiary/aromatic N) is 4. The molecule has 7 heteroatoms. The van der Waals surface area contributed by atoms with Crippen molar-refractivity contribution in [2.24, 2.45) is 0 Å². The molecule has 136 valence electrons. The van der Waals surface area contributed by atoms with E-state index in [9.17, 15) is 5.11 Å². The molecule has 0 aromatic carbocycles. The molecule has 1 saturated carbocycles. The molecule has 4 N–H and O–H groups in total. The molecule has 2 aromatic heterocycles. The number of nitrogen functional groups attached to an aromatic ring is 1. The number of aromatic nitrogens is 3. The first kappa shape index (κ1) is 16.8. The molecule has 0 radical (unpaired) electrons. The normalized spacial score (nSPS) is 22.2. The number of rotatable bonds is 3. The van der Waals surface area contributed by atoms with Crippen molar-refractivity contribution in [3.8, 4) is 11.3 Å². The van der Waals surface area contributed by atoms with Gasteiger partial charge in [-0.1, -0.05) is 0 Å². The van der Waals surface area contributed by atoms with Crippen LogP contribution >= 0.6 is 0 Å². The zero-order valence-corrected chi connectivity index (χ0v) is 14.9. The molecule has 0 amide bonds. The lowest BCUT2D eigenvalue weighted by atomic mass is 9.92. The fraction of sp³-hybridized carbons (Fsp3) is 0.421. The lowest BCUT2D eigenvalue weighted by molar-refractivity contribution is 0.126. The number of aliphatic hydroxyl groups excluding tert-OH is 1. The minimum atomic E-state index is -0.165. The van der Waals surface area contributed by atoms with Crippen molar-refractivity contribution in [2.45, 2.75) is 44.4 Å². The maximum Gasteiger partial charge on any atom is 0.219 e. The zero-order valence-electron chi connectivity index (χ0n) is 14.9. The van der Waals surface area contributed by atoms with Crippen LogP contribution in [0.3, 0.4) is 0 Å². The van der Waals surface area contributed by atoms with Crippen LogP contribution < -0.4 is 11.1 Å². The van der Waals surface area contributed by atoms with Gasteiger partial charge < -0.3 is 21.1 Å². The molecule has 1 aliphatic carbocycles. The summed E-state index contributed by atoms with van der Waals surface area (Å²) in [4.78, 5) is 15.2. The Hall–Kier alpha value is -2.67. The SMILES string of the molecule is CN1C=Cc2cc(-c3cnc(N)nc3)nc(NC3CCC(O)CC3)c2C1. The molecular weight excluding hydrogens is 328 g/mol. The maximum absolute atomic E-state index is 9.75. The van der Waals surface area contributed by atoms with E-state index in [1.54, 1.807) is 12.4 Å². The lowest BCUT2D eigenvalue weighted by Gasteiger charge is -2.29. The van der Waals surface area contributed by atoms with Gasteiger partial charge in [0.2, 0.25) is 5.95 Å². The second kappa shape index (κ2) is 6.92. The minimum Gasteiger partial charge on any atom is -0.393 e. The second-order valence-electron chi connectivity index (χ2n) is 7.13. The van der Waals surface area contributed by atoms with Crippen LogP contribution in [0.15, 0.2) is 24.7 Å². The van der Waals surface area contributed by atoms with Crippen LogP contribution in [0, 0.1) is 0 Å². The van der Waals surface area contributed by atoms with E-state index in [0.717, 1.165) is 54.9 Å². The largest absolute Gasteiger partial charge is 0.393 e. The summed E-state index contributed by atoms with van der Waals surface area (Å²) in [5.74, 6) is 1.17. The van der Waals surface area contributed by atoms with Crippen molar-refractivity contribution in [1.29, 1.82) is 0 Å². The number of aliphatic hydroxyl groups is 1. The molecule has 0 unspecified atom stereocenters. The van der Waals surface area contributed by atoms with Crippen LogP contribution in [0.25, 0.3) is 17.3 Å². The van der Waals surface area contributed by atoms with Gasteiger partial charge in [0.25, 0.3) is 0 Å². The summed E-state index contributed by atoms with van der Waals surface area (Å²) >= 11 is 0. The smallest absolute Gasteiger partial charge is 0.219 e. The zero-order chi connectivity index (χ0) is 18.1. The maximum atomic E-state index is 9.75. The van der Waals surface area contributed by atoms with Gasteiger partial charge in [0.05, 0.1) is 11.8 Å². The first-order valence-corrected chi connectivity index (χ1v) is 9.03. The Kier molecular flexibility index (Phi) is 4.46. The van der Waals surface area contributed by atoms with Crippen molar-refractivity contribution < 1.29 is 5.11 Å². The summed E-state index contributed by atoms with van der Waals surface area (Å²) in [6.45, 7) is 0.815. The Morgan fingerprint density at radius 3 is 2.65 bits per heavy atom. The van der Waals surface area contributed by atoms with Crippen molar-refractivity contribution in [3.05, 3.63) is 35.8 Å². The van der Waals surface area contributed by atoms with E-state index >= 15 is 0 Å². The quantitative estimate of drug-likeness (QED) is 0.779. The first-order valence-electron chi connectivity index (χ1n) is 9.03. The number of anilines is 2. The van der Waals surface area contributed by atoms with Crippen LogP contribution in [-0.4, -0.2) is 44.2 Å². The average Bonchev–Trinajstić information content (AvgIpc) is 2.64. The van der Waals surface area contributed by atoms with Crippen molar-refractivity contribution in [1.82, 2.24) is 19.9 Å². The Morgan fingerprint density at radius 2 is 1.92 bits per heavy atom. The molecule has 1 aliphatic heterocycles. The Labute approximate surface area is 153 Å². The number of fused-ring (bicyclic) bond motifs is 1. The van der Waals surface area contributed by atoms with Crippen LogP contribution in [0.4, 0.5) is 11.8 Å². The van der Waals surface area contributed by atoms with Gasteiger partial charge in [0.1, 0.15) is 5.82 Å². The third-order valence-corrected chi connectivity index (χ3v) is 5.08. The van der Waals surface area contributed by atoms with Crippen molar-refractivity contribution >= 4 is 17.8 Å². The van der Waals surface area contributed by atoms with E-state index in [2.05, 4.69) is 45.6 Å². The van der Waals surface area contributed by atoms with Gasteiger partial charge >= 0.3 is 0 Å². The molecule has 0 saturated heterocycles. The molecule has 26 heavy (non-hydrogen) atoms. The van der Waals surface area contributed by atoms with Crippen LogP contribution in [-0.2, 0) is 6.54 Å². The van der Waals surface area contributed by atoms with Gasteiger partial charge in [0, 0.05) is 43.2 Å².